The number of fused-ring (bicyclic) bond motifs is 1. The Morgan fingerprint density at radius 2 is 1.76 bits per heavy atom. The van der Waals surface area contributed by atoms with Crippen molar-refractivity contribution in [2.24, 2.45) is 5.92 Å². The third kappa shape index (κ3) is 15.3. The first-order chi connectivity index (χ1) is 23.1. The molecule has 0 spiro atoms. The molecule has 0 aliphatic heterocycles. The van der Waals surface area contributed by atoms with Crippen LogP contribution in [-0.2, 0) is 56.9 Å². The van der Waals surface area contributed by atoms with E-state index < -0.39 is 0 Å². The third-order valence-corrected chi connectivity index (χ3v) is 10.3. The van der Waals surface area contributed by atoms with Gasteiger partial charge in [0.15, 0.2) is 0 Å². The second-order valence-corrected chi connectivity index (χ2v) is 14.3. The number of hydrogen-bond acceptors (Lipinski definition) is 4. The molecule has 4 rings (SSSR count). The molecule has 6 heteroatoms. The van der Waals surface area contributed by atoms with Crippen LogP contribution in [-0.4, -0.2) is 30.2 Å². The molecular formula is C43H64NO3PY-2. The third-order valence-electron chi connectivity index (χ3n) is 9.47. The van der Waals surface area contributed by atoms with Crippen molar-refractivity contribution in [1.82, 2.24) is 5.32 Å². The van der Waals surface area contributed by atoms with E-state index >= 15 is 0 Å². The van der Waals surface area contributed by atoms with E-state index in [1.165, 1.54) is 64.6 Å². The molecule has 2 N–H and O–H groups in total. The molecular weight excluding hydrogens is 698 g/mol. The molecule has 1 aliphatic carbocycles. The van der Waals surface area contributed by atoms with Gasteiger partial charge in [-0.15, -0.1) is 15.7 Å². The smallest absolute Gasteiger partial charge is 0.122 e. The van der Waals surface area contributed by atoms with Crippen LogP contribution in [0.15, 0.2) is 48.5 Å². The largest absolute Gasteiger partial charge is 0.508 e. The number of rotatable bonds is 16. The summed E-state index contributed by atoms with van der Waals surface area (Å²) in [5.41, 5.74) is 11.2. The van der Waals surface area contributed by atoms with Crippen LogP contribution in [0.2, 0.25) is 0 Å². The number of phenolic OH excluding ortho intramolecular Hbond substituents is 1. The van der Waals surface area contributed by atoms with Gasteiger partial charge in [0.1, 0.15) is 17.8 Å². The van der Waals surface area contributed by atoms with Crippen molar-refractivity contribution in [2.75, 3.05) is 13.2 Å². The molecule has 4 nitrogen and oxygen atoms in total. The van der Waals surface area contributed by atoms with E-state index in [9.17, 15) is 9.90 Å². The molecule has 4 atom stereocenters. The van der Waals surface area contributed by atoms with E-state index in [4.69, 9.17) is 4.74 Å². The molecule has 0 saturated carbocycles. The maximum Gasteiger partial charge on any atom is 0.122 e. The quantitative estimate of drug-likeness (QED) is 0.0660. The SMILES string of the molecule is CCC(C)Cc1cc(C)c(O)cc1CNCCCCC=O.[CH2-]CC(P)CC.[CH2-]CCOc1cccc(-c2cccc3c2CCC3C)c1C.[Y]. The summed E-state index contributed by atoms with van der Waals surface area (Å²) >= 11 is 0. The van der Waals surface area contributed by atoms with Crippen molar-refractivity contribution in [3.63, 3.8) is 0 Å². The molecule has 3 aromatic rings. The maximum absolute atomic E-state index is 10.3. The van der Waals surface area contributed by atoms with Crippen LogP contribution in [0.3, 0.4) is 0 Å². The van der Waals surface area contributed by atoms with Crippen molar-refractivity contribution in [3.8, 4) is 22.6 Å². The fourth-order valence-electron chi connectivity index (χ4n) is 5.94. The summed E-state index contributed by atoms with van der Waals surface area (Å²) in [6, 6.07) is 17.1. The number of benzene rings is 3. The summed E-state index contributed by atoms with van der Waals surface area (Å²) in [5.74, 6) is 2.70. The van der Waals surface area contributed by atoms with E-state index in [0.717, 1.165) is 68.5 Å². The number of aryl methyl sites for hydroxylation is 1. The molecule has 0 heterocycles. The predicted octanol–water partition coefficient (Wildman–Crippen LogP) is 10.9. The zero-order chi connectivity index (χ0) is 35.5. The first-order valence-electron chi connectivity index (χ1n) is 18.3. The second kappa shape index (κ2) is 25.4. The Hall–Kier alpha value is -1.58. The molecule has 0 amide bonds. The van der Waals surface area contributed by atoms with Crippen LogP contribution in [0.25, 0.3) is 11.1 Å². The molecule has 0 aromatic heterocycles. The summed E-state index contributed by atoms with van der Waals surface area (Å²) < 4.78 is 5.83. The summed E-state index contributed by atoms with van der Waals surface area (Å²) in [4.78, 5) is 10.3. The Labute approximate surface area is 327 Å². The molecule has 3 aromatic carbocycles. The minimum absolute atomic E-state index is 0. The number of unbranched alkanes of at least 4 members (excludes halogenated alkanes) is 2. The number of hydrogen-bond donors (Lipinski definition) is 2. The number of nitrogens with one attached hydrogen (secondary N) is 1. The average molecular weight is 763 g/mol. The Morgan fingerprint density at radius 1 is 1.04 bits per heavy atom. The number of aldehydes is 1. The van der Waals surface area contributed by atoms with Crippen molar-refractivity contribution in [2.45, 2.75) is 124 Å². The van der Waals surface area contributed by atoms with Gasteiger partial charge in [-0.25, -0.2) is 0 Å². The summed E-state index contributed by atoms with van der Waals surface area (Å²) in [6.07, 6.45) is 11.3. The zero-order valence-corrected chi connectivity index (χ0v) is 35.4. The van der Waals surface area contributed by atoms with Gasteiger partial charge in [0, 0.05) is 45.7 Å². The van der Waals surface area contributed by atoms with Gasteiger partial charge in [-0.1, -0.05) is 82.6 Å². The second-order valence-electron chi connectivity index (χ2n) is 13.4. The summed E-state index contributed by atoms with van der Waals surface area (Å²) in [5, 5.41) is 13.3. The minimum atomic E-state index is 0. The molecule has 1 aliphatic rings. The van der Waals surface area contributed by atoms with Gasteiger partial charge < -0.3 is 33.8 Å². The standard InChI is InChI=1S/C20H23O.C18H29NO2.C5H12P.Y/c1-4-13-21-20-10-6-8-17(15(20)3)18-9-5-7-16-14(2)11-12-19(16)18;1-4-14(2)10-16-11-15(3)18(21)12-17(16)13-19-8-6-5-7-9-20;1-3-5(6)4-2;/h5-10,14H,1,4,11-13H2,2-3H3;9,11-12,14,19,21H,4-8,10,13H2,1-3H3;5H,1,3-4,6H2,2H3;/q-1;;-1;. The summed E-state index contributed by atoms with van der Waals surface area (Å²) in [7, 11) is 2.75. The Kier molecular flexibility index (Phi) is 23.5. The van der Waals surface area contributed by atoms with Crippen LogP contribution in [0.4, 0.5) is 0 Å². The van der Waals surface area contributed by atoms with E-state index in [1.807, 2.05) is 13.0 Å². The van der Waals surface area contributed by atoms with Crippen LogP contribution in [0.5, 0.6) is 11.5 Å². The first-order valence-corrected chi connectivity index (χ1v) is 18.9. The molecule has 0 saturated heterocycles. The number of carbonyl (C=O) groups is 1. The fraction of sp³-hybridized carbons (Fsp3) is 0.512. The minimum Gasteiger partial charge on any atom is -0.508 e. The van der Waals surface area contributed by atoms with Gasteiger partial charge in [0.25, 0.3) is 0 Å². The Bertz CT molecular complexity index is 1370. The normalized spacial score (nSPS) is 14.3. The van der Waals surface area contributed by atoms with E-state index in [0.29, 0.717) is 30.6 Å². The van der Waals surface area contributed by atoms with Gasteiger partial charge in [-0.05, 0) is 121 Å². The first kappa shape index (κ1) is 45.4. The number of ether oxygens (including phenoxy) is 1. The number of phenols is 1. The molecule has 1 radical (unpaired) electrons. The van der Waals surface area contributed by atoms with Gasteiger partial charge in [-0.3, -0.25) is 0 Å². The van der Waals surface area contributed by atoms with Crippen LogP contribution in [0.1, 0.15) is 118 Å². The molecule has 0 fully saturated rings. The van der Waals surface area contributed by atoms with E-state index in [-0.39, 0.29) is 32.7 Å². The Balaban J connectivity index is 0.000000413. The molecule has 269 valence electrons. The van der Waals surface area contributed by atoms with Gasteiger partial charge in [0.05, 0.1) is 6.61 Å². The monoisotopic (exact) mass is 762 g/mol. The van der Waals surface area contributed by atoms with E-state index in [1.54, 1.807) is 0 Å². The molecule has 4 unspecified atom stereocenters. The molecule has 49 heavy (non-hydrogen) atoms. The number of carbonyl (C=O) groups excluding carboxylic acids is 1. The van der Waals surface area contributed by atoms with Gasteiger partial charge >= 0.3 is 0 Å². The predicted molar refractivity (Wildman–Crippen MR) is 210 cm³/mol. The van der Waals surface area contributed by atoms with Crippen molar-refractivity contribution < 1.29 is 47.3 Å². The summed E-state index contributed by atoms with van der Waals surface area (Å²) in [6.45, 7) is 23.0. The zero-order valence-electron chi connectivity index (χ0n) is 31.5. The van der Waals surface area contributed by atoms with Crippen molar-refractivity contribution in [1.29, 1.82) is 0 Å². The Morgan fingerprint density at radius 3 is 2.39 bits per heavy atom. The van der Waals surface area contributed by atoms with Crippen LogP contribution in [0, 0.1) is 33.6 Å². The van der Waals surface area contributed by atoms with Crippen molar-refractivity contribution >= 4 is 15.5 Å². The average Bonchev–Trinajstić information content (AvgIpc) is 3.48. The van der Waals surface area contributed by atoms with Crippen LogP contribution >= 0.6 is 9.24 Å². The van der Waals surface area contributed by atoms with Crippen LogP contribution < -0.4 is 10.1 Å². The van der Waals surface area contributed by atoms with E-state index in [2.05, 4.69) is 105 Å². The topological polar surface area (TPSA) is 58.6 Å². The fourth-order valence-corrected chi connectivity index (χ4v) is 5.94. The maximum atomic E-state index is 10.3. The number of aromatic hydroxyl groups is 1. The molecule has 0 bridgehead atoms. The van der Waals surface area contributed by atoms with Gasteiger partial charge in [0.2, 0.25) is 0 Å². The van der Waals surface area contributed by atoms with Gasteiger partial charge in [-0.2, -0.15) is 6.42 Å². The van der Waals surface area contributed by atoms with Crippen molar-refractivity contribution in [3.05, 3.63) is 95.8 Å².